The average molecular weight is 352 g/mol. The third-order valence-electron chi connectivity index (χ3n) is 3.02. The maximum Gasteiger partial charge on any atom is 0.349 e. The number of urea groups is 1. The number of thiophene rings is 1. The molecule has 0 spiro atoms. The Labute approximate surface area is 142 Å². The number of ether oxygens (including phenoxy) is 1. The maximum absolute atomic E-state index is 13.6. The van der Waals surface area contributed by atoms with Crippen molar-refractivity contribution in [3.05, 3.63) is 35.0 Å². The lowest BCUT2D eigenvalue weighted by Crippen LogP contribution is -2.46. The van der Waals surface area contributed by atoms with E-state index < -0.39 is 29.8 Å². The molecule has 0 fully saturated rings. The highest BCUT2D eigenvalue weighted by Gasteiger charge is 2.22. The van der Waals surface area contributed by atoms with E-state index in [1.54, 1.807) is 26.0 Å². The van der Waals surface area contributed by atoms with Crippen LogP contribution in [-0.2, 0) is 9.53 Å². The van der Waals surface area contributed by atoms with E-state index in [9.17, 15) is 18.8 Å². The predicted molar refractivity (Wildman–Crippen MR) is 88.5 cm³/mol. The van der Waals surface area contributed by atoms with E-state index in [-0.39, 0.29) is 10.9 Å². The van der Waals surface area contributed by atoms with Gasteiger partial charge in [0.25, 0.3) is 5.91 Å². The van der Waals surface area contributed by atoms with Crippen molar-refractivity contribution in [1.82, 2.24) is 10.6 Å². The number of rotatable bonds is 4. The monoisotopic (exact) mass is 352 g/mol. The van der Waals surface area contributed by atoms with E-state index in [4.69, 9.17) is 4.74 Å². The molecule has 0 aliphatic carbocycles. The number of esters is 1. The third kappa shape index (κ3) is 4.29. The van der Waals surface area contributed by atoms with Gasteiger partial charge < -0.3 is 10.1 Å². The number of fused-ring (bicyclic) bond motifs is 1. The number of nitrogens with one attached hydrogen (secondary N) is 2. The van der Waals surface area contributed by atoms with Crippen LogP contribution in [0.2, 0.25) is 0 Å². The van der Waals surface area contributed by atoms with Gasteiger partial charge in [-0.05, 0) is 39.0 Å². The lowest BCUT2D eigenvalue weighted by molar-refractivity contribution is -0.127. The number of imide groups is 1. The molecule has 1 heterocycles. The molecule has 0 aliphatic rings. The first-order valence-electron chi connectivity index (χ1n) is 7.28. The molecule has 1 aromatic carbocycles. The first-order chi connectivity index (χ1) is 11.3. The molecule has 2 rings (SSSR count). The van der Waals surface area contributed by atoms with E-state index in [2.05, 4.69) is 10.6 Å². The van der Waals surface area contributed by atoms with E-state index in [1.807, 2.05) is 0 Å². The fourth-order valence-electron chi connectivity index (χ4n) is 1.91. The molecule has 2 N–H and O–H groups in total. The van der Waals surface area contributed by atoms with Gasteiger partial charge in [-0.1, -0.05) is 6.07 Å². The number of amides is 3. The molecular weight excluding hydrogens is 335 g/mol. The molecule has 0 unspecified atom stereocenters. The van der Waals surface area contributed by atoms with Crippen LogP contribution in [0.5, 0.6) is 0 Å². The SMILES string of the molecule is CC(C)NC(=O)NC(=O)[C@@H](C)OC(=O)c1cc2c(F)cccc2s1. The Bertz CT molecular complexity index is 787. The second-order valence-electron chi connectivity index (χ2n) is 5.43. The summed E-state index contributed by atoms with van der Waals surface area (Å²) < 4.78 is 19.3. The molecule has 0 bridgehead atoms. The second-order valence-corrected chi connectivity index (χ2v) is 6.51. The van der Waals surface area contributed by atoms with Crippen molar-refractivity contribution in [2.24, 2.45) is 0 Å². The van der Waals surface area contributed by atoms with E-state index in [1.165, 1.54) is 19.1 Å². The quantitative estimate of drug-likeness (QED) is 0.829. The lowest BCUT2D eigenvalue weighted by atomic mass is 10.2. The predicted octanol–water partition coefficient (Wildman–Crippen LogP) is 2.82. The van der Waals surface area contributed by atoms with Crippen LogP contribution in [0.3, 0.4) is 0 Å². The molecular formula is C16H17FN2O4S. The van der Waals surface area contributed by atoms with E-state index >= 15 is 0 Å². The summed E-state index contributed by atoms with van der Waals surface area (Å²) in [5.74, 6) is -1.92. The number of halogens is 1. The Morgan fingerprint density at radius 2 is 1.92 bits per heavy atom. The summed E-state index contributed by atoms with van der Waals surface area (Å²) in [4.78, 5) is 35.5. The lowest BCUT2D eigenvalue weighted by Gasteiger charge is -2.13. The Morgan fingerprint density at radius 3 is 2.54 bits per heavy atom. The molecule has 1 atom stereocenters. The largest absolute Gasteiger partial charge is 0.448 e. The summed E-state index contributed by atoms with van der Waals surface area (Å²) in [6, 6.07) is 5.12. The molecule has 1 aromatic heterocycles. The maximum atomic E-state index is 13.6. The van der Waals surface area contributed by atoms with Crippen molar-refractivity contribution < 1.29 is 23.5 Å². The van der Waals surface area contributed by atoms with Gasteiger partial charge in [-0.15, -0.1) is 11.3 Å². The minimum absolute atomic E-state index is 0.135. The summed E-state index contributed by atoms with van der Waals surface area (Å²) in [7, 11) is 0. The molecule has 0 radical (unpaired) electrons. The van der Waals surface area contributed by atoms with Gasteiger partial charge in [-0.2, -0.15) is 0 Å². The molecule has 8 heteroatoms. The van der Waals surface area contributed by atoms with Crippen molar-refractivity contribution >= 4 is 39.3 Å². The Balaban J connectivity index is 2.01. The molecule has 0 saturated carbocycles. The van der Waals surface area contributed by atoms with Gasteiger partial charge in [0.1, 0.15) is 10.7 Å². The molecule has 128 valence electrons. The Kier molecular flexibility index (Phi) is 5.50. The summed E-state index contributed by atoms with van der Waals surface area (Å²) in [5, 5.41) is 4.89. The smallest absolute Gasteiger partial charge is 0.349 e. The number of carbonyl (C=O) groups excluding carboxylic acids is 3. The zero-order chi connectivity index (χ0) is 17.9. The van der Waals surface area contributed by atoms with Gasteiger partial charge in [0, 0.05) is 16.1 Å². The topological polar surface area (TPSA) is 84.5 Å². The van der Waals surface area contributed by atoms with Crippen LogP contribution in [0.1, 0.15) is 30.4 Å². The van der Waals surface area contributed by atoms with E-state index in [0.717, 1.165) is 11.3 Å². The summed E-state index contributed by atoms with van der Waals surface area (Å²) in [6.07, 6.45) is -1.16. The third-order valence-corrected chi connectivity index (χ3v) is 4.10. The molecule has 0 saturated heterocycles. The molecule has 2 aromatic rings. The van der Waals surface area contributed by atoms with Crippen molar-refractivity contribution in [3.8, 4) is 0 Å². The highest BCUT2D eigenvalue weighted by molar-refractivity contribution is 7.20. The van der Waals surface area contributed by atoms with Crippen LogP contribution in [0.4, 0.5) is 9.18 Å². The van der Waals surface area contributed by atoms with Crippen molar-refractivity contribution in [2.75, 3.05) is 0 Å². The minimum Gasteiger partial charge on any atom is -0.448 e. The Morgan fingerprint density at radius 1 is 1.21 bits per heavy atom. The van der Waals surface area contributed by atoms with Gasteiger partial charge in [0.15, 0.2) is 6.10 Å². The van der Waals surface area contributed by atoms with Crippen LogP contribution >= 0.6 is 11.3 Å². The first-order valence-corrected chi connectivity index (χ1v) is 8.10. The zero-order valence-corrected chi connectivity index (χ0v) is 14.2. The molecule has 3 amide bonds. The van der Waals surface area contributed by atoms with Crippen molar-refractivity contribution in [2.45, 2.75) is 32.9 Å². The number of hydrogen-bond donors (Lipinski definition) is 2. The molecule has 0 aliphatic heterocycles. The van der Waals surface area contributed by atoms with Crippen LogP contribution in [0.25, 0.3) is 10.1 Å². The first kappa shape index (κ1) is 17.9. The van der Waals surface area contributed by atoms with Crippen LogP contribution in [0, 0.1) is 5.82 Å². The number of benzene rings is 1. The fourth-order valence-corrected chi connectivity index (χ4v) is 2.87. The van der Waals surface area contributed by atoms with Gasteiger partial charge in [-0.25, -0.2) is 14.0 Å². The van der Waals surface area contributed by atoms with Crippen LogP contribution < -0.4 is 10.6 Å². The zero-order valence-electron chi connectivity index (χ0n) is 13.4. The highest BCUT2D eigenvalue weighted by Crippen LogP contribution is 2.28. The second kappa shape index (κ2) is 7.39. The van der Waals surface area contributed by atoms with Crippen molar-refractivity contribution in [1.29, 1.82) is 0 Å². The van der Waals surface area contributed by atoms with Gasteiger partial charge >= 0.3 is 12.0 Å². The van der Waals surface area contributed by atoms with Crippen molar-refractivity contribution in [3.63, 3.8) is 0 Å². The Hall–Kier alpha value is -2.48. The van der Waals surface area contributed by atoms with E-state index in [0.29, 0.717) is 10.1 Å². The van der Waals surface area contributed by atoms with Crippen LogP contribution in [-0.4, -0.2) is 30.1 Å². The minimum atomic E-state index is -1.16. The van der Waals surface area contributed by atoms with Gasteiger partial charge in [-0.3, -0.25) is 10.1 Å². The van der Waals surface area contributed by atoms with Crippen LogP contribution in [0.15, 0.2) is 24.3 Å². The molecule has 24 heavy (non-hydrogen) atoms. The normalized spacial score (nSPS) is 12.0. The average Bonchev–Trinajstić information content (AvgIpc) is 2.91. The number of hydrogen-bond acceptors (Lipinski definition) is 5. The standard InChI is InChI=1S/C16H17FN2O4S/c1-8(2)18-16(22)19-14(20)9(3)23-15(21)13-7-10-11(17)5-4-6-12(10)24-13/h4-9H,1-3H3,(H2,18,19,20,22)/t9-/m1/s1. The van der Waals surface area contributed by atoms with Gasteiger partial charge in [0.05, 0.1) is 0 Å². The summed E-state index contributed by atoms with van der Waals surface area (Å²) in [5.41, 5.74) is 0. The summed E-state index contributed by atoms with van der Waals surface area (Å²) in [6.45, 7) is 4.84. The van der Waals surface area contributed by atoms with Gasteiger partial charge in [0.2, 0.25) is 0 Å². The fraction of sp³-hybridized carbons (Fsp3) is 0.312. The number of carbonyl (C=O) groups is 3. The molecule has 6 nitrogen and oxygen atoms in total. The highest BCUT2D eigenvalue weighted by atomic mass is 32.1. The summed E-state index contributed by atoms with van der Waals surface area (Å²) >= 11 is 1.07.